The van der Waals surface area contributed by atoms with Crippen LogP contribution in [-0.2, 0) is 10.0 Å². The summed E-state index contributed by atoms with van der Waals surface area (Å²) in [5.41, 5.74) is 2.12. The van der Waals surface area contributed by atoms with E-state index >= 15 is 0 Å². The molecule has 1 heterocycles. The Labute approximate surface area is 131 Å². The quantitative estimate of drug-likeness (QED) is 0.915. The van der Waals surface area contributed by atoms with Gasteiger partial charge in [-0.25, -0.2) is 13.1 Å². The number of nitrogens with zero attached hydrogens (tertiary/aromatic N) is 1. The third-order valence-electron chi connectivity index (χ3n) is 3.78. The van der Waals surface area contributed by atoms with Gasteiger partial charge in [-0.3, -0.25) is 0 Å². The van der Waals surface area contributed by atoms with Crippen LogP contribution < -0.4 is 4.72 Å². The van der Waals surface area contributed by atoms with Gasteiger partial charge in [0.2, 0.25) is 10.0 Å². The molecule has 0 saturated carbocycles. The SMILES string of the molecule is CCC(C)(C)NS(=O)(=O)c1ccc(-c2c(C)noc2C)cc1. The van der Waals surface area contributed by atoms with Gasteiger partial charge in [0.05, 0.1) is 10.6 Å². The summed E-state index contributed by atoms with van der Waals surface area (Å²) in [6.45, 7) is 9.38. The molecule has 0 aliphatic carbocycles. The molecule has 0 saturated heterocycles. The summed E-state index contributed by atoms with van der Waals surface area (Å²) in [7, 11) is -3.52. The van der Waals surface area contributed by atoms with Crippen LogP contribution in [0.15, 0.2) is 33.7 Å². The zero-order valence-corrected chi connectivity index (χ0v) is 14.4. The summed E-state index contributed by atoms with van der Waals surface area (Å²) in [5, 5.41) is 3.92. The standard InChI is InChI=1S/C16H22N2O3S/c1-6-16(4,5)18-22(19,20)14-9-7-13(8-10-14)15-11(2)17-21-12(15)3/h7-10,18H,6H2,1-5H3. The molecule has 0 unspecified atom stereocenters. The normalized spacial score (nSPS) is 12.6. The topological polar surface area (TPSA) is 72.2 Å². The molecule has 0 atom stereocenters. The fourth-order valence-corrected chi connectivity index (χ4v) is 3.67. The lowest BCUT2D eigenvalue weighted by Crippen LogP contribution is -2.42. The van der Waals surface area contributed by atoms with Gasteiger partial charge in [-0.05, 0) is 51.8 Å². The first-order chi connectivity index (χ1) is 10.2. The Morgan fingerprint density at radius 3 is 2.23 bits per heavy atom. The maximum Gasteiger partial charge on any atom is 0.241 e. The third-order valence-corrected chi connectivity index (χ3v) is 5.50. The number of rotatable bonds is 5. The highest BCUT2D eigenvalue weighted by Crippen LogP contribution is 2.27. The van der Waals surface area contributed by atoms with Crippen molar-refractivity contribution >= 4 is 10.0 Å². The van der Waals surface area contributed by atoms with Crippen LogP contribution in [0.5, 0.6) is 0 Å². The summed E-state index contributed by atoms with van der Waals surface area (Å²) in [4.78, 5) is 0.254. The number of aromatic nitrogens is 1. The van der Waals surface area contributed by atoms with Gasteiger partial charge in [-0.2, -0.15) is 0 Å². The summed E-state index contributed by atoms with van der Waals surface area (Å²) in [6.07, 6.45) is 0.712. The third kappa shape index (κ3) is 3.39. The smallest absolute Gasteiger partial charge is 0.241 e. The second-order valence-electron chi connectivity index (χ2n) is 6.07. The van der Waals surface area contributed by atoms with Gasteiger partial charge in [-0.15, -0.1) is 0 Å². The average Bonchev–Trinajstić information content (AvgIpc) is 2.77. The van der Waals surface area contributed by atoms with E-state index in [4.69, 9.17) is 4.52 Å². The maximum atomic E-state index is 12.4. The highest BCUT2D eigenvalue weighted by molar-refractivity contribution is 7.89. The summed E-state index contributed by atoms with van der Waals surface area (Å²) >= 11 is 0. The zero-order valence-electron chi connectivity index (χ0n) is 13.6. The minimum absolute atomic E-state index is 0.254. The Morgan fingerprint density at radius 2 is 1.77 bits per heavy atom. The van der Waals surface area contributed by atoms with E-state index in [1.165, 1.54) is 0 Å². The van der Waals surface area contributed by atoms with Gasteiger partial charge in [-0.1, -0.05) is 24.2 Å². The van der Waals surface area contributed by atoms with Crippen LogP contribution in [-0.4, -0.2) is 19.1 Å². The molecule has 1 aromatic carbocycles. The molecule has 1 N–H and O–H groups in total. The molecule has 1 aromatic heterocycles. The van der Waals surface area contributed by atoms with Gasteiger partial charge in [0.1, 0.15) is 5.76 Å². The van der Waals surface area contributed by atoms with Crippen molar-refractivity contribution in [1.29, 1.82) is 0 Å². The molecule has 120 valence electrons. The number of hydrogen-bond donors (Lipinski definition) is 1. The highest BCUT2D eigenvalue weighted by Gasteiger charge is 2.24. The largest absolute Gasteiger partial charge is 0.361 e. The summed E-state index contributed by atoms with van der Waals surface area (Å²) in [5.74, 6) is 0.721. The molecule has 2 rings (SSSR count). The Morgan fingerprint density at radius 1 is 1.18 bits per heavy atom. The lowest BCUT2D eigenvalue weighted by Gasteiger charge is -2.24. The molecule has 0 bridgehead atoms. The van der Waals surface area contributed by atoms with Crippen molar-refractivity contribution < 1.29 is 12.9 Å². The van der Waals surface area contributed by atoms with Crippen molar-refractivity contribution in [3.8, 4) is 11.1 Å². The van der Waals surface area contributed by atoms with Crippen LogP contribution in [0.2, 0.25) is 0 Å². The molecule has 0 amide bonds. The van der Waals surface area contributed by atoms with Crippen molar-refractivity contribution in [1.82, 2.24) is 9.88 Å². The van der Waals surface area contributed by atoms with Gasteiger partial charge in [0.15, 0.2) is 0 Å². The number of sulfonamides is 1. The second-order valence-corrected chi connectivity index (χ2v) is 7.75. The molecule has 0 aliphatic rings. The van der Waals surface area contributed by atoms with Crippen LogP contribution >= 0.6 is 0 Å². The van der Waals surface area contributed by atoms with Crippen molar-refractivity contribution in [3.05, 3.63) is 35.7 Å². The lowest BCUT2D eigenvalue weighted by molar-refractivity contribution is 0.393. The predicted molar refractivity (Wildman–Crippen MR) is 86.1 cm³/mol. The van der Waals surface area contributed by atoms with Crippen LogP contribution in [0.1, 0.15) is 38.6 Å². The first-order valence-electron chi connectivity index (χ1n) is 7.23. The Hall–Kier alpha value is -1.66. The molecular weight excluding hydrogens is 300 g/mol. The van der Waals surface area contributed by atoms with E-state index in [9.17, 15) is 8.42 Å². The van der Waals surface area contributed by atoms with E-state index in [2.05, 4.69) is 9.88 Å². The molecule has 22 heavy (non-hydrogen) atoms. The first-order valence-corrected chi connectivity index (χ1v) is 8.72. The minimum Gasteiger partial charge on any atom is -0.361 e. The van der Waals surface area contributed by atoms with E-state index in [0.29, 0.717) is 6.42 Å². The van der Waals surface area contributed by atoms with Crippen molar-refractivity contribution in [2.24, 2.45) is 0 Å². The van der Waals surface area contributed by atoms with Crippen LogP contribution in [0.3, 0.4) is 0 Å². The zero-order chi connectivity index (χ0) is 16.5. The van der Waals surface area contributed by atoms with Crippen molar-refractivity contribution in [3.63, 3.8) is 0 Å². The maximum absolute atomic E-state index is 12.4. The molecule has 0 fully saturated rings. The molecule has 6 heteroatoms. The summed E-state index contributed by atoms with van der Waals surface area (Å²) < 4.78 is 32.7. The molecule has 2 aromatic rings. The Bertz CT molecular complexity index is 740. The van der Waals surface area contributed by atoms with Crippen LogP contribution in [0, 0.1) is 13.8 Å². The Balaban J connectivity index is 2.33. The number of hydrogen-bond acceptors (Lipinski definition) is 4. The minimum atomic E-state index is -3.52. The number of benzene rings is 1. The Kier molecular flexibility index (Phi) is 4.44. The second kappa shape index (κ2) is 5.85. The fraction of sp³-hybridized carbons (Fsp3) is 0.438. The van der Waals surface area contributed by atoms with E-state index in [1.807, 2.05) is 34.6 Å². The monoisotopic (exact) mass is 322 g/mol. The molecule has 5 nitrogen and oxygen atoms in total. The van der Waals surface area contributed by atoms with Gasteiger partial charge in [0.25, 0.3) is 0 Å². The molecule has 0 spiro atoms. The molecular formula is C16H22N2O3S. The van der Waals surface area contributed by atoms with Gasteiger partial charge < -0.3 is 4.52 Å². The predicted octanol–water partition coefficient (Wildman–Crippen LogP) is 3.43. The highest BCUT2D eigenvalue weighted by atomic mass is 32.2. The van der Waals surface area contributed by atoms with E-state index in [0.717, 1.165) is 22.6 Å². The van der Waals surface area contributed by atoms with Gasteiger partial charge in [0, 0.05) is 11.1 Å². The lowest BCUT2D eigenvalue weighted by atomic mass is 10.0. The van der Waals surface area contributed by atoms with Crippen molar-refractivity contribution in [2.45, 2.75) is 51.5 Å². The number of aryl methyl sites for hydroxylation is 2. The van der Waals surface area contributed by atoms with E-state index in [-0.39, 0.29) is 4.90 Å². The summed E-state index contributed by atoms with van der Waals surface area (Å²) in [6, 6.07) is 6.77. The number of nitrogens with one attached hydrogen (secondary N) is 1. The van der Waals surface area contributed by atoms with Crippen LogP contribution in [0.25, 0.3) is 11.1 Å². The molecule has 0 aliphatic heterocycles. The van der Waals surface area contributed by atoms with Crippen molar-refractivity contribution in [2.75, 3.05) is 0 Å². The van der Waals surface area contributed by atoms with E-state index in [1.54, 1.807) is 24.3 Å². The average molecular weight is 322 g/mol. The van der Waals surface area contributed by atoms with Gasteiger partial charge >= 0.3 is 0 Å². The molecule has 0 radical (unpaired) electrons. The first kappa shape index (κ1) is 16.7. The van der Waals surface area contributed by atoms with E-state index < -0.39 is 15.6 Å². The van der Waals surface area contributed by atoms with Crippen LogP contribution in [0.4, 0.5) is 0 Å². The fourth-order valence-electron chi connectivity index (χ4n) is 2.19.